The van der Waals surface area contributed by atoms with Crippen LogP contribution in [0.5, 0.6) is 0 Å². The number of allylic oxidation sites excluding steroid dienone is 1. The van der Waals surface area contributed by atoms with Crippen molar-refractivity contribution < 1.29 is 5.11 Å². The fraction of sp³-hybridized carbons (Fsp3) is 0.750. The van der Waals surface area contributed by atoms with Crippen LogP contribution < -0.4 is 5.73 Å². The molecule has 1 fully saturated rings. The number of nitrogens with two attached hydrogens (primary N) is 1. The van der Waals surface area contributed by atoms with Crippen LogP contribution in [0.15, 0.2) is 12.2 Å². The molecule has 2 nitrogen and oxygen atoms in total. The third kappa shape index (κ3) is 1.19. The Morgan fingerprint density at radius 1 is 1.36 bits per heavy atom. The third-order valence-electron chi connectivity index (χ3n) is 2.90. The molecule has 0 aromatic heterocycles. The number of fused-ring (bicyclic) bond motifs is 2. The van der Waals surface area contributed by atoms with Gasteiger partial charge in [0.1, 0.15) is 0 Å². The van der Waals surface area contributed by atoms with E-state index in [1.165, 1.54) is 6.42 Å². The highest BCUT2D eigenvalue weighted by Gasteiger charge is 2.41. The molecule has 0 radical (unpaired) electrons. The molecule has 0 aromatic rings. The van der Waals surface area contributed by atoms with E-state index in [0.29, 0.717) is 17.8 Å². The summed E-state index contributed by atoms with van der Waals surface area (Å²) >= 11 is 0. The molecule has 3 N–H and O–H groups in total. The van der Waals surface area contributed by atoms with Gasteiger partial charge in [0.25, 0.3) is 0 Å². The standard InChI is InChI=1S/C8H13NO.ClH/c9-8-6-2-1-5(3-6)7(8)4-10;/h1-2,5-8,10H,3-4,9H2;1H/t5-,6-,7-,8+;/m1./s1. The number of aliphatic hydroxyl groups excluding tert-OH is 1. The summed E-state index contributed by atoms with van der Waals surface area (Å²) in [5, 5.41) is 8.94. The van der Waals surface area contributed by atoms with Crippen LogP contribution in [-0.2, 0) is 0 Å². The molecule has 1 saturated carbocycles. The zero-order valence-corrected chi connectivity index (χ0v) is 7.13. The average Bonchev–Trinajstić information content (AvgIpc) is 2.46. The number of halogens is 1. The lowest BCUT2D eigenvalue weighted by Gasteiger charge is -2.21. The lowest BCUT2D eigenvalue weighted by molar-refractivity contribution is 0.193. The molecule has 2 rings (SSSR count). The monoisotopic (exact) mass is 175 g/mol. The Morgan fingerprint density at radius 3 is 2.36 bits per heavy atom. The van der Waals surface area contributed by atoms with Crippen LogP contribution in [0.25, 0.3) is 0 Å². The normalized spacial score (nSPS) is 46.0. The fourth-order valence-corrected chi connectivity index (χ4v) is 2.22. The summed E-state index contributed by atoms with van der Waals surface area (Å²) < 4.78 is 0. The summed E-state index contributed by atoms with van der Waals surface area (Å²) in [6.07, 6.45) is 5.57. The molecule has 3 heteroatoms. The zero-order valence-electron chi connectivity index (χ0n) is 6.31. The van der Waals surface area contributed by atoms with Crippen molar-refractivity contribution in [3.05, 3.63) is 12.2 Å². The Hall–Kier alpha value is -0.0500. The first kappa shape index (κ1) is 9.04. The van der Waals surface area contributed by atoms with Crippen LogP contribution >= 0.6 is 12.4 Å². The Balaban J connectivity index is 0.000000605. The maximum Gasteiger partial charge on any atom is 0.0479 e. The predicted molar refractivity (Wildman–Crippen MR) is 46.5 cm³/mol. The van der Waals surface area contributed by atoms with Gasteiger partial charge in [-0.25, -0.2) is 0 Å². The van der Waals surface area contributed by atoms with E-state index >= 15 is 0 Å². The van der Waals surface area contributed by atoms with Gasteiger partial charge in [0.15, 0.2) is 0 Å². The molecule has 0 heterocycles. The first-order chi connectivity index (χ1) is 4.83. The van der Waals surface area contributed by atoms with E-state index in [2.05, 4.69) is 12.2 Å². The predicted octanol–water partition coefficient (Wildman–Crippen LogP) is 0.550. The lowest BCUT2D eigenvalue weighted by Crippen LogP contribution is -2.35. The highest BCUT2D eigenvalue weighted by atomic mass is 35.5. The minimum atomic E-state index is 0. The minimum Gasteiger partial charge on any atom is -0.396 e. The Morgan fingerprint density at radius 2 is 2.00 bits per heavy atom. The fourth-order valence-electron chi connectivity index (χ4n) is 2.22. The third-order valence-corrected chi connectivity index (χ3v) is 2.90. The summed E-state index contributed by atoms with van der Waals surface area (Å²) in [4.78, 5) is 0. The van der Waals surface area contributed by atoms with Crippen LogP contribution in [0.2, 0.25) is 0 Å². The van der Waals surface area contributed by atoms with Crippen molar-refractivity contribution in [2.75, 3.05) is 6.61 Å². The summed E-state index contributed by atoms with van der Waals surface area (Å²) in [7, 11) is 0. The van der Waals surface area contributed by atoms with Crippen LogP contribution in [0, 0.1) is 17.8 Å². The lowest BCUT2D eigenvalue weighted by atomic mass is 9.90. The molecule has 2 bridgehead atoms. The van der Waals surface area contributed by atoms with E-state index in [0.717, 1.165) is 0 Å². The number of hydrogen-bond donors (Lipinski definition) is 2. The highest BCUT2D eigenvalue weighted by Crippen LogP contribution is 2.42. The summed E-state index contributed by atoms with van der Waals surface area (Å²) in [6.45, 7) is 0.257. The van der Waals surface area contributed by atoms with Crippen molar-refractivity contribution in [3.63, 3.8) is 0 Å². The van der Waals surface area contributed by atoms with Gasteiger partial charge >= 0.3 is 0 Å². The van der Waals surface area contributed by atoms with Crippen molar-refractivity contribution in [2.24, 2.45) is 23.5 Å². The summed E-state index contributed by atoms with van der Waals surface area (Å²) in [5.74, 6) is 1.47. The van der Waals surface area contributed by atoms with Crippen molar-refractivity contribution in [1.82, 2.24) is 0 Å². The molecule has 0 amide bonds. The molecular formula is C8H14ClNO. The maximum absolute atomic E-state index is 8.94. The van der Waals surface area contributed by atoms with Gasteiger partial charge in [0.2, 0.25) is 0 Å². The number of rotatable bonds is 1. The van der Waals surface area contributed by atoms with Crippen molar-refractivity contribution in [1.29, 1.82) is 0 Å². The van der Waals surface area contributed by atoms with Gasteiger partial charge in [-0.05, 0) is 18.3 Å². The number of hydrogen-bond acceptors (Lipinski definition) is 2. The smallest absolute Gasteiger partial charge is 0.0479 e. The van der Waals surface area contributed by atoms with Crippen molar-refractivity contribution >= 4 is 12.4 Å². The van der Waals surface area contributed by atoms with E-state index < -0.39 is 0 Å². The minimum absolute atomic E-state index is 0. The molecule has 4 atom stereocenters. The quantitative estimate of drug-likeness (QED) is 0.572. The number of aliphatic hydroxyl groups is 1. The maximum atomic E-state index is 8.94. The van der Waals surface area contributed by atoms with E-state index in [-0.39, 0.29) is 25.1 Å². The molecule has 0 aromatic carbocycles. The summed E-state index contributed by atoms with van der Waals surface area (Å²) in [5.41, 5.74) is 5.86. The first-order valence-corrected chi connectivity index (χ1v) is 3.87. The molecule has 0 aliphatic heterocycles. The van der Waals surface area contributed by atoms with E-state index in [4.69, 9.17) is 10.8 Å². The average molecular weight is 176 g/mol. The molecule has 0 unspecified atom stereocenters. The second kappa shape index (κ2) is 3.13. The highest BCUT2D eigenvalue weighted by molar-refractivity contribution is 5.85. The molecule has 11 heavy (non-hydrogen) atoms. The van der Waals surface area contributed by atoms with Gasteiger partial charge < -0.3 is 10.8 Å². The van der Waals surface area contributed by atoms with Gasteiger partial charge in [-0.2, -0.15) is 0 Å². The Labute approximate surface area is 72.9 Å². The van der Waals surface area contributed by atoms with Crippen LogP contribution in [0.3, 0.4) is 0 Å². The Kier molecular flexibility index (Phi) is 2.58. The zero-order chi connectivity index (χ0) is 7.14. The Bertz CT molecular complexity index is 171. The molecule has 64 valence electrons. The van der Waals surface area contributed by atoms with Crippen molar-refractivity contribution in [3.8, 4) is 0 Å². The van der Waals surface area contributed by atoms with Gasteiger partial charge in [0, 0.05) is 18.6 Å². The molecule has 0 spiro atoms. The largest absolute Gasteiger partial charge is 0.396 e. The van der Waals surface area contributed by atoms with E-state index in [1.54, 1.807) is 0 Å². The van der Waals surface area contributed by atoms with Gasteiger partial charge in [-0.1, -0.05) is 12.2 Å². The molecule has 2 aliphatic carbocycles. The second-order valence-corrected chi connectivity index (χ2v) is 3.37. The first-order valence-electron chi connectivity index (χ1n) is 3.87. The van der Waals surface area contributed by atoms with Crippen LogP contribution in [0.4, 0.5) is 0 Å². The molecule has 2 aliphatic rings. The van der Waals surface area contributed by atoms with Gasteiger partial charge in [0.05, 0.1) is 0 Å². The van der Waals surface area contributed by atoms with Crippen LogP contribution in [0.1, 0.15) is 6.42 Å². The topological polar surface area (TPSA) is 46.2 Å². The SMILES string of the molecule is Cl.N[C@@H]1[C@H](CO)[C@@H]2C=C[C@@H]1C2. The van der Waals surface area contributed by atoms with Gasteiger partial charge in [-0.15, -0.1) is 12.4 Å². The van der Waals surface area contributed by atoms with Gasteiger partial charge in [-0.3, -0.25) is 0 Å². The molecular weight excluding hydrogens is 162 g/mol. The van der Waals surface area contributed by atoms with E-state index in [1.807, 2.05) is 0 Å². The van der Waals surface area contributed by atoms with Crippen LogP contribution in [-0.4, -0.2) is 17.8 Å². The molecule has 0 saturated heterocycles. The summed E-state index contributed by atoms with van der Waals surface area (Å²) in [6, 6.07) is 0.222. The second-order valence-electron chi connectivity index (χ2n) is 3.37. The van der Waals surface area contributed by atoms with Crippen molar-refractivity contribution in [2.45, 2.75) is 12.5 Å². The van der Waals surface area contributed by atoms with E-state index in [9.17, 15) is 0 Å².